The molecular formula is C18H25NO5. The number of nitrogens with zero attached hydrogens (tertiary/aromatic N) is 1. The van der Waals surface area contributed by atoms with Crippen LogP contribution in [0.3, 0.4) is 0 Å². The number of benzene rings is 1. The molecule has 0 saturated carbocycles. The first-order chi connectivity index (χ1) is 11.6. The first kappa shape index (κ1) is 19.7. The maximum atomic E-state index is 12.2. The van der Waals surface area contributed by atoms with Crippen LogP contribution in [0.5, 0.6) is 5.75 Å². The smallest absolute Gasteiger partial charge is 0.307 e. The van der Waals surface area contributed by atoms with Crippen LogP contribution >= 0.6 is 0 Å². The molecule has 132 valence electrons. The number of aliphatic hydroxyl groups excluding tert-OH is 1. The van der Waals surface area contributed by atoms with E-state index in [4.69, 9.17) is 9.84 Å². The lowest BCUT2D eigenvalue weighted by molar-refractivity contribution is -0.141. The lowest BCUT2D eigenvalue weighted by Gasteiger charge is -2.19. The molecule has 1 rings (SSSR count). The van der Waals surface area contributed by atoms with Gasteiger partial charge in [0.2, 0.25) is 5.91 Å². The summed E-state index contributed by atoms with van der Waals surface area (Å²) in [7, 11) is 1.30. The van der Waals surface area contributed by atoms with Gasteiger partial charge in [0.25, 0.3) is 0 Å². The molecule has 1 amide bonds. The molecule has 0 saturated heterocycles. The third kappa shape index (κ3) is 7.28. The average molecular weight is 335 g/mol. The normalized spacial score (nSPS) is 10.6. The van der Waals surface area contributed by atoms with Gasteiger partial charge in [0.15, 0.2) is 0 Å². The summed E-state index contributed by atoms with van der Waals surface area (Å²) in [5.74, 6) is 0.136. The molecule has 6 heteroatoms. The molecule has 1 N–H and O–H groups in total. The van der Waals surface area contributed by atoms with Crippen LogP contribution in [0.15, 0.2) is 30.3 Å². The van der Waals surface area contributed by atoms with Gasteiger partial charge >= 0.3 is 5.97 Å². The van der Waals surface area contributed by atoms with Crippen molar-refractivity contribution in [2.75, 3.05) is 33.4 Å². The third-order valence-corrected chi connectivity index (χ3v) is 3.27. The zero-order chi connectivity index (χ0) is 17.8. The molecular weight excluding hydrogens is 310 g/mol. The second-order valence-corrected chi connectivity index (χ2v) is 5.13. The fraction of sp³-hybridized carbons (Fsp3) is 0.444. The van der Waals surface area contributed by atoms with E-state index in [1.807, 2.05) is 31.2 Å². The Kier molecular flexibility index (Phi) is 9.23. The van der Waals surface area contributed by atoms with Crippen LogP contribution < -0.4 is 4.74 Å². The van der Waals surface area contributed by atoms with Crippen molar-refractivity contribution in [1.82, 2.24) is 4.90 Å². The van der Waals surface area contributed by atoms with Crippen LogP contribution in [0, 0.1) is 0 Å². The molecule has 0 atom stereocenters. The summed E-state index contributed by atoms with van der Waals surface area (Å²) in [4.78, 5) is 24.8. The van der Waals surface area contributed by atoms with E-state index >= 15 is 0 Å². The van der Waals surface area contributed by atoms with E-state index in [9.17, 15) is 9.59 Å². The number of aliphatic hydroxyl groups is 1. The van der Waals surface area contributed by atoms with Crippen LogP contribution in [-0.4, -0.2) is 55.3 Å². The number of carbonyl (C=O) groups excluding carboxylic acids is 2. The topological polar surface area (TPSA) is 76.1 Å². The summed E-state index contributed by atoms with van der Waals surface area (Å²) < 4.78 is 10.1. The fourth-order valence-electron chi connectivity index (χ4n) is 1.95. The number of methoxy groups -OCH3 is 1. The summed E-state index contributed by atoms with van der Waals surface area (Å²) in [6.45, 7) is 2.93. The molecule has 24 heavy (non-hydrogen) atoms. The van der Waals surface area contributed by atoms with E-state index in [1.54, 1.807) is 6.08 Å². The molecule has 1 aromatic carbocycles. The minimum atomic E-state index is -0.391. The first-order valence-electron chi connectivity index (χ1n) is 7.98. The van der Waals surface area contributed by atoms with Crippen molar-refractivity contribution in [3.8, 4) is 5.75 Å². The molecule has 0 aromatic heterocycles. The first-order valence-corrected chi connectivity index (χ1v) is 7.98. The lowest BCUT2D eigenvalue weighted by Crippen LogP contribution is -2.34. The summed E-state index contributed by atoms with van der Waals surface area (Å²) >= 11 is 0. The lowest BCUT2D eigenvalue weighted by atomic mass is 10.2. The molecule has 0 aliphatic rings. The largest absolute Gasteiger partial charge is 0.494 e. The highest BCUT2D eigenvalue weighted by Gasteiger charge is 2.12. The second-order valence-electron chi connectivity index (χ2n) is 5.13. The zero-order valence-electron chi connectivity index (χ0n) is 14.2. The van der Waals surface area contributed by atoms with Crippen LogP contribution in [0.2, 0.25) is 0 Å². The predicted octanol–water partition coefficient (Wildman–Crippen LogP) is 1.87. The van der Waals surface area contributed by atoms with Gasteiger partial charge in [-0.3, -0.25) is 9.59 Å². The Hall–Kier alpha value is -2.34. The van der Waals surface area contributed by atoms with Gasteiger partial charge in [-0.25, -0.2) is 0 Å². The monoisotopic (exact) mass is 335 g/mol. The van der Waals surface area contributed by atoms with E-state index in [-0.39, 0.29) is 32.0 Å². The van der Waals surface area contributed by atoms with Crippen LogP contribution in [0.1, 0.15) is 25.3 Å². The Balaban J connectivity index is 2.61. The van der Waals surface area contributed by atoms with Crippen molar-refractivity contribution in [3.63, 3.8) is 0 Å². The molecule has 1 aromatic rings. The highest BCUT2D eigenvalue weighted by atomic mass is 16.5. The number of esters is 1. The second kappa shape index (κ2) is 11.2. The molecule has 0 unspecified atom stereocenters. The molecule has 0 aliphatic carbocycles. The Morgan fingerprint density at radius 2 is 1.92 bits per heavy atom. The quantitative estimate of drug-likeness (QED) is 0.522. The van der Waals surface area contributed by atoms with E-state index in [0.29, 0.717) is 6.61 Å². The average Bonchev–Trinajstić information content (AvgIpc) is 2.61. The van der Waals surface area contributed by atoms with E-state index in [0.717, 1.165) is 17.7 Å². The van der Waals surface area contributed by atoms with Gasteiger partial charge in [-0.1, -0.05) is 19.1 Å². The Bertz CT molecular complexity index is 539. The van der Waals surface area contributed by atoms with Gasteiger partial charge in [0.1, 0.15) is 5.75 Å². The van der Waals surface area contributed by atoms with Crippen molar-refractivity contribution in [2.24, 2.45) is 0 Å². The summed E-state index contributed by atoms with van der Waals surface area (Å²) in [6.07, 6.45) is 4.16. The number of carbonyl (C=O) groups is 2. The van der Waals surface area contributed by atoms with Crippen molar-refractivity contribution in [2.45, 2.75) is 19.8 Å². The van der Waals surface area contributed by atoms with E-state index in [2.05, 4.69) is 4.74 Å². The van der Waals surface area contributed by atoms with Crippen molar-refractivity contribution in [3.05, 3.63) is 35.9 Å². The number of rotatable bonds is 10. The molecule has 6 nitrogen and oxygen atoms in total. The summed E-state index contributed by atoms with van der Waals surface area (Å²) in [5, 5.41) is 9.05. The standard InChI is InChI=1S/C18H25NO5/c1-3-14-24-16-7-4-15(5-8-16)6-9-17(21)19(12-13-20)11-10-18(22)23-2/h4-9,20H,3,10-14H2,1-2H3/b9-6+. The summed E-state index contributed by atoms with van der Waals surface area (Å²) in [6, 6.07) is 7.42. The van der Waals surface area contributed by atoms with Gasteiger partial charge in [-0.2, -0.15) is 0 Å². The van der Waals surface area contributed by atoms with Gasteiger partial charge in [0, 0.05) is 19.2 Å². The van der Waals surface area contributed by atoms with Gasteiger partial charge in [0.05, 0.1) is 26.7 Å². The van der Waals surface area contributed by atoms with Gasteiger partial charge in [-0.15, -0.1) is 0 Å². The molecule has 0 radical (unpaired) electrons. The number of ether oxygens (including phenoxy) is 2. The van der Waals surface area contributed by atoms with Crippen molar-refractivity contribution >= 4 is 18.0 Å². The minimum absolute atomic E-state index is 0.0968. The Morgan fingerprint density at radius 3 is 2.50 bits per heavy atom. The number of hydrogen-bond acceptors (Lipinski definition) is 5. The van der Waals surface area contributed by atoms with Crippen LogP contribution in [0.25, 0.3) is 6.08 Å². The van der Waals surface area contributed by atoms with Crippen molar-refractivity contribution in [1.29, 1.82) is 0 Å². The highest BCUT2D eigenvalue weighted by Crippen LogP contribution is 2.13. The van der Waals surface area contributed by atoms with Gasteiger partial charge < -0.3 is 19.5 Å². The number of hydrogen-bond donors (Lipinski definition) is 1. The molecule has 0 aliphatic heterocycles. The van der Waals surface area contributed by atoms with E-state index in [1.165, 1.54) is 18.1 Å². The zero-order valence-corrected chi connectivity index (χ0v) is 14.2. The fourth-order valence-corrected chi connectivity index (χ4v) is 1.95. The maximum Gasteiger partial charge on any atom is 0.307 e. The third-order valence-electron chi connectivity index (χ3n) is 3.27. The Morgan fingerprint density at radius 1 is 1.21 bits per heavy atom. The van der Waals surface area contributed by atoms with Crippen LogP contribution in [-0.2, 0) is 14.3 Å². The molecule has 0 bridgehead atoms. The van der Waals surface area contributed by atoms with Gasteiger partial charge in [-0.05, 0) is 30.2 Å². The maximum absolute atomic E-state index is 12.2. The van der Waals surface area contributed by atoms with Crippen molar-refractivity contribution < 1.29 is 24.2 Å². The molecule has 0 spiro atoms. The predicted molar refractivity (Wildman–Crippen MR) is 91.6 cm³/mol. The van der Waals surface area contributed by atoms with E-state index < -0.39 is 5.97 Å². The highest BCUT2D eigenvalue weighted by molar-refractivity contribution is 5.92. The molecule has 0 heterocycles. The summed E-state index contributed by atoms with van der Waals surface area (Å²) in [5.41, 5.74) is 0.865. The van der Waals surface area contributed by atoms with Crippen LogP contribution in [0.4, 0.5) is 0 Å². The minimum Gasteiger partial charge on any atom is -0.494 e. The Labute approximate surface area is 142 Å². The SMILES string of the molecule is CCCOc1ccc(/C=C/C(=O)N(CCO)CCC(=O)OC)cc1. The molecule has 0 fully saturated rings. The number of amides is 1.